The van der Waals surface area contributed by atoms with Gasteiger partial charge in [-0.05, 0) is 30.7 Å². The molecule has 0 unspecified atom stereocenters. The van der Waals surface area contributed by atoms with Crippen LogP contribution in [0.1, 0.15) is 50.3 Å². The standard InChI is InChI=1S/C21H24N2O2/c1-3-8-21-23-19(14-18(22-23)15-9-6-5-7-10-15)17-13-16(24-4-2)11-12-20(17)25-21/h5-7,9-13,19,21H,3-4,8,14H2,1-2H3/t19-,21-/m1/s1. The molecule has 2 aromatic rings. The van der Waals surface area contributed by atoms with Gasteiger partial charge in [-0.15, -0.1) is 0 Å². The first-order valence-electron chi connectivity index (χ1n) is 9.14. The van der Waals surface area contributed by atoms with Gasteiger partial charge in [0.1, 0.15) is 11.5 Å². The fourth-order valence-electron chi connectivity index (χ4n) is 3.64. The SMILES string of the molecule is CCC[C@H]1Oc2ccc(OCC)cc2[C@H]2CC(c3ccccc3)=NN21. The number of hydrazone groups is 1. The highest BCUT2D eigenvalue weighted by molar-refractivity contribution is 6.01. The van der Waals surface area contributed by atoms with Gasteiger partial charge in [-0.1, -0.05) is 43.7 Å². The van der Waals surface area contributed by atoms with Crippen LogP contribution >= 0.6 is 0 Å². The van der Waals surface area contributed by atoms with Crippen molar-refractivity contribution in [3.8, 4) is 11.5 Å². The monoisotopic (exact) mass is 336 g/mol. The summed E-state index contributed by atoms with van der Waals surface area (Å²) in [5.74, 6) is 1.86. The van der Waals surface area contributed by atoms with Crippen molar-refractivity contribution < 1.29 is 9.47 Å². The van der Waals surface area contributed by atoms with Gasteiger partial charge in [-0.25, -0.2) is 0 Å². The van der Waals surface area contributed by atoms with Crippen LogP contribution in [-0.4, -0.2) is 23.6 Å². The van der Waals surface area contributed by atoms with Crippen LogP contribution in [0.4, 0.5) is 0 Å². The third kappa shape index (κ3) is 2.97. The van der Waals surface area contributed by atoms with Gasteiger partial charge in [-0.3, -0.25) is 5.01 Å². The summed E-state index contributed by atoms with van der Waals surface area (Å²) < 4.78 is 12.0. The lowest BCUT2D eigenvalue weighted by molar-refractivity contribution is -0.0224. The molecule has 0 radical (unpaired) electrons. The van der Waals surface area contributed by atoms with Gasteiger partial charge in [0.2, 0.25) is 0 Å². The van der Waals surface area contributed by atoms with Crippen LogP contribution in [0.25, 0.3) is 0 Å². The second-order valence-electron chi connectivity index (χ2n) is 6.51. The highest BCUT2D eigenvalue weighted by atomic mass is 16.5. The van der Waals surface area contributed by atoms with E-state index in [0.717, 1.165) is 36.5 Å². The van der Waals surface area contributed by atoms with Crippen molar-refractivity contribution in [1.82, 2.24) is 5.01 Å². The number of hydrogen-bond donors (Lipinski definition) is 0. The van der Waals surface area contributed by atoms with Gasteiger partial charge in [0.05, 0.1) is 18.4 Å². The molecule has 0 N–H and O–H groups in total. The predicted molar refractivity (Wildman–Crippen MR) is 99.1 cm³/mol. The molecular formula is C21H24N2O2. The summed E-state index contributed by atoms with van der Waals surface area (Å²) in [6, 6.07) is 16.8. The molecule has 0 aromatic heterocycles. The Morgan fingerprint density at radius 3 is 2.76 bits per heavy atom. The van der Waals surface area contributed by atoms with Gasteiger partial charge in [0.15, 0.2) is 6.23 Å². The summed E-state index contributed by atoms with van der Waals surface area (Å²) in [6.07, 6.45) is 2.93. The van der Waals surface area contributed by atoms with Crippen LogP contribution < -0.4 is 9.47 Å². The molecule has 4 heteroatoms. The normalized spacial score (nSPS) is 21.2. The van der Waals surface area contributed by atoms with E-state index in [2.05, 4.69) is 42.3 Å². The molecule has 0 saturated carbocycles. The number of benzene rings is 2. The van der Waals surface area contributed by atoms with Crippen LogP contribution in [0.5, 0.6) is 11.5 Å². The Balaban J connectivity index is 1.71. The van der Waals surface area contributed by atoms with Crippen molar-refractivity contribution in [1.29, 1.82) is 0 Å². The summed E-state index contributed by atoms with van der Waals surface area (Å²) in [6.45, 7) is 4.86. The Bertz CT molecular complexity index is 773. The third-order valence-corrected chi connectivity index (χ3v) is 4.79. The molecule has 2 aromatic carbocycles. The van der Waals surface area contributed by atoms with Gasteiger partial charge in [0, 0.05) is 18.4 Å². The number of ether oxygens (including phenoxy) is 2. The molecule has 2 aliphatic rings. The minimum atomic E-state index is 0.00153. The fraction of sp³-hybridized carbons (Fsp3) is 0.381. The molecule has 2 aliphatic heterocycles. The minimum Gasteiger partial charge on any atom is -0.494 e. The Kier molecular flexibility index (Phi) is 4.35. The van der Waals surface area contributed by atoms with E-state index in [9.17, 15) is 0 Å². The molecule has 4 rings (SSSR count). The van der Waals surface area contributed by atoms with Crippen LogP contribution in [0.2, 0.25) is 0 Å². The highest BCUT2D eigenvalue weighted by Crippen LogP contribution is 2.45. The quantitative estimate of drug-likeness (QED) is 0.790. The Hall–Kier alpha value is -2.49. The van der Waals surface area contributed by atoms with Crippen molar-refractivity contribution in [2.45, 2.75) is 45.4 Å². The predicted octanol–water partition coefficient (Wildman–Crippen LogP) is 4.76. The average Bonchev–Trinajstić information content (AvgIpc) is 3.09. The van der Waals surface area contributed by atoms with Gasteiger partial charge in [-0.2, -0.15) is 5.10 Å². The molecule has 4 nitrogen and oxygen atoms in total. The summed E-state index contributed by atoms with van der Waals surface area (Å²) in [5, 5.41) is 7.10. The second kappa shape index (κ2) is 6.79. The molecule has 25 heavy (non-hydrogen) atoms. The maximum absolute atomic E-state index is 6.27. The van der Waals surface area contributed by atoms with Crippen molar-refractivity contribution in [3.63, 3.8) is 0 Å². The zero-order chi connectivity index (χ0) is 17.2. The fourth-order valence-corrected chi connectivity index (χ4v) is 3.64. The largest absolute Gasteiger partial charge is 0.494 e. The van der Waals surface area contributed by atoms with Crippen LogP contribution in [-0.2, 0) is 0 Å². The molecule has 0 saturated heterocycles. The summed E-state index contributed by atoms with van der Waals surface area (Å²) in [7, 11) is 0. The maximum Gasteiger partial charge on any atom is 0.187 e. The molecule has 2 atom stereocenters. The lowest BCUT2D eigenvalue weighted by Crippen LogP contribution is -2.40. The lowest BCUT2D eigenvalue weighted by atomic mass is 9.96. The minimum absolute atomic E-state index is 0.00153. The number of rotatable bonds is 5. The van der Waals surface area contributed by atoms with Gasteiger partial charge >= 0.3 is 0 Å². The number of hydrogen-bond acceptors (Lipinski definition) is 4. The zero-order valence-corrected chi connectivity index (χ0v) is 14.8. The molecule has 0 aliphatic carbocycles. The van der Waals surface area contributed by atoms with Crippen molar-refractivity contribution >= 4 is 5.71 Å². The smallest absolute Gasteiger partial charge is 0.187 e. The summed E-state index contributed by atoms with van der Waals surface area (Å²) in [4.78, 5) is 0. The van der Waals surface area contributed by atoms with Crippen molar-refractivity contribution in [2.24, 2.45) is 5.10 Å². The van der Waals surface area contributed by atoms with E-state index < -0.39 is 0 Å². The summed E-state index contributed by atoms with van der Waals surface area (Å²) >= 11 is 0. The van der Waals surface area contributed by atoms with E-state index in [4.69, 9.17) is 14.6 Å². The maximum atomic E-state index is 6.27. The molecule has 0 amide bonds. The van der Waals surface area contributed by atoms with E-state index in [1.165, 1.54) is 11.1 Å². The van der Waals surface area contributed by atoms with E-state index >= 15 is 0 Å². The van der Waals surface area contributed by atoms with Crippen LogP contribution in [0.15, 0.2) is 53.6 Å². The van der Waals surface area contributed by atoms with Crippen LogP contribution in [0.3, 0.4) is 0 Å². The van der Waals surface area contributed by atoms with Gasteiger partial charge in [0.25, 0.3) is 0 Å². The highest BCUT2D eigenvalue weighted by Gasteiger charge is 2.39. The van der Waals surface area contributed by atoms with Crippen molar-refractivity contribution in [2.75, 3.05) is 6.61 Å². The molecule has 2 heterocycles. The molecule has 0 spiro atoms. The van der Waals surface area contributed by atoms with E-state index in [-0.39, 0.29) is 12.3 Å². The molecule has 0 fully saturated rings. The first-order chi connectivity index (χ1) is 12.3. The van der Waals surface area contributed by atoms with E-state index in [1.54, 1.807) is 0 Å². The Labute approximate surface area is 149 Å². The van der Waals surface area contributed by atoms with E-state index in [0.29, 0.717) is 6.61 Å². The summed E-state index contributed by atoms with van der Waals surface area (Å²) in [5.41, 5.74) is 3.49. The third-order valence-electron chi connectivity index (χ3n) is 4.79. The molecule has 0 bridgehead atoms. The zero-order valence-electron chi connectivity index (χ0n) is 14.8. The Morgan fingerprint density at radius 1 is 1.16 bits per heavy atom. The molecule has 130 valence electrons. The van der Waals surface area contributed by atoms with Crippen LogP contribution in [0, 0.1) is 0 Å². The van der Waals surface area contributed by atoms with Gasteiger partial charge < -0.3 is 9.47 Å². The molecular weight excluding hydrogens is 312 g/mol. The second-order valence-corrected chi connectivity index (χ2v) is 6.51. The van der Waals surface area contributed by atoms with Crippen molar-refractivity contribution in [3.05, 3.63) is 59.7 Å². The van der Waals surface area contributed by atoms with E-state index in [1.807, 2.05) is 25.1 Å². The number of nitrogens with zero attached hydrogens (tertiary/aromatic N) is 2. The number of fused-ring (bicyclic) bond motifs is 3. The Morgan fingerprint density at radius 2 is 2.00 bits per heavy atom. The first kappa shape index (κ1) is 16.0. The lowest BCUT2D eigenvalue weighted by Gasteiger charge is -2.38. The first-order valence-corrected chi connectivity index (χ1v) is 9.14. The average molecular weight is 336 g/mol. The topological polar surface area (TPSA) is 34.1 Å².